The molecule has 2 saturated heterocycles. The molecular formula is C22H33BN10O17P3+. The first-order chi connectivity index (χ1) is 24.6. The summed E-state index contributed by atoms with van der Waals surface area (Å²) in [7, 11) is -13.9. The number of aliphatic hydroxyl groups is 3. The lowest BCUT2D eigenvalue weighted by Gasteiger charge is -2.21. The predicted octanol–water partition coefficient (Wildman–Crippen LogP) is -4.41. The topological polar surface area (TPSA) is 398 Å². The fraction of sp³-hybridized carbons (Fsp3) is 0.545. The zero-order valence-corrected chi connectivity index (χ0v) is 29.9. The number of anilines is 2. The summed E-state index contributed by atoms with van der Waals surface area (Å²) in [5, 5.41) is 31.6. The van der Waals surface area contributed by atoms with Crippen LogP contribution in [0.1, 0.15) is 6.23 Å². The molecule has 53 heavy (non-hydrogen) atoms. The van der Waals surface area contributed by atoms with Gasteiger partial charge in [-0.2, -0.15) is 18.6 Å². The van der Waals surface area contributed by atoms with Crippen LogP contribution in [-0.4, -0.2) is 116 Å². The summed E-state index contributed by atoms with van der Waals surface area (Å²) in [6.07, 6.45) is -6.55. The summed E-state index contributed by atoms with van der Waals surface area (Å²) >= 11 is 0. The van der Waals surface area contributed by atoms with Crippen molar-refractivity contribution in [2.75, 3.05) is 24.7 Å². The van der Waals surface area contributed by atoms with Gasteiger partial charge < -0.3 is 50.9 Å². The van der Waals surface area contributed by atoms with Gasteiger partial charge >= 0.3 is 29.0 Å². The number of nitrogens with one attached hydrogen (secondary N) is 2. The fourth-order valence-electron chi connectivity index (χ4n) is 5.94. The largest absolute Gasteiger partial charge is 0.490 e. The third-order valence-electron chi connectivity index (χ3n) is 8.46. The van der Waals surface area contributed by atoms with Crippen molar-refractivity contribution in [2.45, 2.75) is 49.3 Å². The van der Waals surface area contributed by atoms with Gasteiger partial charge in [-0.25, -0.2) is 27.8 Å². The van der Waals surface area contributed by atoms with Crippen molar-refractivity contribution in [1.82, 2.24) is 34.1 Å². The molecule has 11 atom stereocenters. The highest BCUT2D eigenvalue weighted by molar-refractivity contribution is 7.66. The molecule has 0 aliphatic carbocycles. The maximum Gasteiger partial charge on any atom is 0.490 e. The highest BCUT2D eigenvalue weighted by Crippen LogP contribution is 2.68. The number of nitrogen functional groups attached to an aromatic ring is 2. The maximum atomic E-state index is 12.6. The lowest BCUT2D eigenvalue weighted by atomic mass is 9.74. The molecule has 27 nitrogen and oxygen atoms in total. The highest BCUT2D eigenvalue weighted by atomic mass is 31.3. The molecule has 6 rings (SSSR count). The van der Waals surface area contributed by atoms with Crippen molar-refractivity contribution in [3.63, 3.8) is 0 Å². The van der Waals surface area contributed by atoms with Gasteiger partial charge in [0.05, 0.1) is 39.2 Å². The lowest BCUT2D eigenvalue weighted by Crippen LogP contribution is -2.33. The number of aromatic nitrogens is 8. The number of phosphoric acid groups is 3. The standard InChI is InChI=1S/C22H32BN10O17P3/c1-31-6-32(16-12(31)18(37)30-22(25)28-16)2-7-10(23)8(48-20(7)38)3-45-51(39,40)49-53(43,44)50-52(41,42)46-4-9-13(34)14(35)19(47-9)33-5-26-11-15(33)27-21(24)29-17(11)36/h5-10,13-14,19-20,34-35,38H,2-4,23H2,1H3,(H8-,24,25,27,28,29,30,36,37,39,40,41,42,43,44)/p+1/t7?,8-,9-,10?,13?,14?,19-,20+/m1/s1. The summed E-state index contributed by atoms with van der Waals surface area (Å²) in [5.41, 5.74) is 10.1. The van der Waals surface area contributed by atoms with Gasteiger partial charge in [-0.1, -0.05) is 0 Å². The van der Waals surface area contributed by atoms with Gasteiger partial charge in [0.1, 0.15) is 26.2 Å². The number of aliphatic hydroxyl groups excluding tert-OH is 3. The average molecular weight is 813 g/mol. The molecule has 4 aromatic rings. The van der Waals surface area contributed by atoms with Crippen LogP contribution in [0.25, 0.3) is 22.3 Å². The Labute approximate surface area is 295 Å². The van der Waals surface area contributed by atoms with Crippen LogP contribution in [0.3, 0.4) is 0 Å². The number of nitrogens with zero attached hydrogens (tertiary/aromatic N) is 6. The molecule has 0 bridgehead atoms. The predicted molar refractivity (Wildman–Crippen MR) is 175 cm³/mol. The third kappa shape index (κ3) is 8.17. The molecule has 0 saturated carbocycles. The Morgan fingerprint density at radius 3 is 2.13 bits per heavy atom. The molecule has 31 heteroatoms. The second kappa shape index (κ2) is 14.3. The van der Waals surface area contributed by atoms with Gasteiger partial charge in [-0.3, -0.25) is 33.2 Å². The number of hydrogen-bond donors (Lipinski definition) is 10. The van der Waals surface area contributed by atoms with E-state index in [0.29, 0.717) is 0 Å². The van der Waals surface area contributed by atoms with E-state index in [0.717, 1.165) is 10.9 Å². The minimum atomic E-state index is -5.92. The van der Waals surface area contributed by atoms with E-state index >= 15 is 0 Å². The van der Waals surface area contributed by atoms with Gasteiger partial charge in [-0.15, -0.1) is 0 Å². The van der Waals surface area contributed by atoms with Crippen molar-refractivity contribution in [1.29, 1.82) is 0 Å². The van der Waals surface area contributed by atoms with Gasteiger partial charge in [0, 0.05) is 5.92 Å². The molecule has 2 fully saturated rings. The number of aryl methyl sites for hydroxylation is 1. The van der Waals surface area contributed by atoms with E-state index in [2.05, 4.69) is 38.1 Å². The molecule has 7 unspecified atom stereocenters. The van der Waals surface area contributed by atoms with Crippen LogP contribution >= 0.6 is 23.5 Å². The average Bonchev–Trinajstić information content (AvgIpc) is 3.74. The van der Waals surface area contributed by atoms with Crippen LogP contribution in [0.4, 0.5) is 11.9 Å². The number of phosphoric ester groups is 2. The van der Waals surface area contributed by atoms with Crippen LogP contribution in [0, 0.1) is 5.92 Å². The van der Waals surface area contributed by atoms with Crippen molar-refractivity contribution in [3.05, 3.63) is 33.4 Å². The van der Waals surface area contributed by atoms with Crippen molar-refractivity contribution < 1.29 is 75.4 Å². The Balaban J connectivity index is 1.02. The number of aromatic amines is 2. The second-order valence-electron chi connectivity index (χ2n) is 12.1. The van der Waals surface area contributed by atoms with Crippen LogP contribution in [0.2, 0.25) is 5.82 Å². The monoisotopic (exact) mass is 813 g/mol. The summed E-state index contributed by atoms with van der Waals surface area (Å²) in [4.78, 5) is 71.1. The quantitative estimate of drug-likeness (QED) is 0.0346. The van der Waals surface area contributed by atoms with E-state index in [4.69, 9.17) is 25.5 Å². The molecule has 4 aromatic heterocycles. The van der Waals surface area contributed by atoms with E-state index < -0.39 is 96.5 Å². The summed E-state index contributed by atoms with van der Waals surface area (Å²) in [6.45, 7) is -1.80. The number of hydrogen-bond acceptors (Lipinski definition) is 19. The normalized spacial score (nSPS) is 29.7. The molecule has 0 amide bonds. The SMILES string of the molecule is BC1C(Cn2c[n+](C)c3c(=O)[nH]c(N)nc32)[C@@H](O)O[C@@H]1COP(=O)(O)OP(=O)(O)OP(=O)(O)OC[C@H]1O[C@@H](n2cnc3c(=O)[nH]c(N)nc32)C(O)C1O. The Hall–Kier alpha value is -3.43. The van der Waals surface area contributed by atoms with Crippen molar-refractivity contribution in [3.8, 4) is 0 Å². The zero-order chi connectivity index (χ0) is 38.8. The summed E-state index contributed by atoms with van der Waals surface area (Å²) in [5.74, 6) is -1.73. The van der Waals surface area contributed by atoms with Crippen LogP contribution < -0.4 is 27.2 Å². The fourth-order valence-corrected chi connectivity index (χ4v) is 9.46. The van der Waals surface area contributed by atoms with Crippen LogP contribution in [-0.2, 0) is 54.4 Å². The molecule has 12 N–H and O–H groups in total. The Bertz CT molecular complexity index is 2300. The molecular weight excluding hydrogens is 780 g/mol. The number of fused-ring (bicyclic) bond motifs is 2. The minimum Gasteiger partial charge on any atom is -0.387 e. The van der Waals surface area contributed by atoms with Gasteiger partial charge in [0.2, 0.25) is 18.2 Å². The van der Waals surface area contributed by atoms with Crippen LogP contribution in [0.15, 0.2) is 22.2 Å². The first-order valence-electron chi connectivity index (χ1n) is 15.2. The Morgan fingerprint density at radius 1 is 0.906 bits per heavy atom. The van der Waals surface area contributed by atoms with E-state index in [1.165, 1.54) is 4.57 Å². The van der Waals surface area contributed by atoms with Gasteiger partial charge in [0.25, 0.3) is 16.7 Å². The van der Waals surface area contributed by atoms with E-state index in [1.807, 2.05) is 0 Å². The van der Waals surface area contributed by atoms with E-state index in [1.54, 1.807) is 25.8 Å². The maximum absolute atomic E-state index is 12.6. The molecule has 0 aromatic carbocycles. The van der Waals surface area contributed by atoms with Gasteiger partial charge in [-0.05, 0) is 5.82 Å². The zero-order valence-electron chi connectivity index (χ0n) is 27.2. The summed E-state index contributed by atoms with van der Waals surface area (Å²) in [6, 6.07) is 0. The highest BCUT2D eigenvalue weighted by Gasteiger charge is 2.48. The molecule has 2 aliphatic heterocycles. The summed E-state index contributed by atoms with van der Waals surface area (Å²) < 4.78 is 70.2. The third-order valence-corrected chi connectivity index (χ3v) is 12.7. The first kappa shape index (κ1) is 39.3. The van der Waals surface area contributed by atoms with Gasteiger partial charge in [0.15, 0.2) is 23.7 Å². The lowest BCUT2D eigenvalue weighted by molar-refractivity contribution is -0.646. The number of rotatable bonds is 13. The number of H-pyrrole nitrogens is 2. The van der Waals surface area contributed by atoms with Crippen molar-refractivity contribution >= 4 is 65.5 Å². The first-order valence-corrected chi connectivity index (χ1v) is 19.7. The number of ether oxygens (including phenoxy) is 2. The number of nitrogens with two attached hydrogens (primary N) is 2. The second-order valence-corrected chi connectivity index (χ2v) is 16.7. The van der Waals surface area contributed by atoms with E-state index in [9.17, 15) is 53.3 Å². The Kier molecular flexibility index (Phi) is 10.6. The Morgan fingerprint density at radius 2 is 1.49 bits per heavy atom. The number of imidazole rings is 2. The molecule has 2 aliphatic rings. The molecule has 6 heterocycles. The molecule has 290 valence electrons. The van der Waals surface area contributed by atoms with E-state index in [-0.39, 0.29) is 40.8 Å². The smallest absolute Gasteiger partial charge is 0.387 e. The minimum absolute atomic E-state index is 0.0429. The molecule has 0 spiro atoms. The molecule has 0 radical (unpaired) electrons. The van der Waals surface area contributed by atoms with Crippen molar-refractivity contribution in [2.24, 2.45) is 13.0 Å². The van der Waals surface area contributed by atoms with Crippen LogP contribution in [0.5, 0.6) is 0 Å².